The molecular formula is C33H47N3O4. The first-order valence-electron chi connectivity index (χ1n) is 15.2. The molecule has 5 rings (SSSR count). The van der Waals surface area contributed by atoms with Crippen molar-refractivity contribution >= 4 is 11.8 Å². The normalized spacial score (nSPS) is 24.3. The van der Waals surface area contributed by atoms with Crippen molar-refractivity contribution in [3.63, 3.8) is 0 Å². The number of pyridine rings is 1. The van der Waals surface area contributed by atoms with E-state index < -0.39 is 12.0 Å². The fraction of sp³-hybridized carbons (Fsp3) is 0.636. The van der Waals surface area contributed by atoms with Crippen LogP contribution in [0.3, 0.4) is 0 Å². The summed E-state index contributed by atoms with van der Waals surface area (Å²) in [7, 11) is 1.98. The second-order valence-corrected chi connectivity index (χ2v) is 12.8. The van der Waals surface area contributed by atoms with Crippen LogP contribution in [0.15, 0.2) is 24.3 Å². The van der Waals surface area contributed by atoms with E-state index in [4.69, 9.17) is 14.5 Å². The van der Waals surface area contributed by atoms with Gasteiger partial charge in [0, 0.05) is 24.9 Å². The van der Waals surface area contributed by atoms with Crippen LogP contribution in [0.5, 0.6) is 0 Å². The molecule has 0 amide bonds. The van der Waals surface area contributed by atoms with Gasteiger partial charge >= 0.3 is 5.97 Å². The highest BCUT2D eigenvalue weighted by Crippen LogP contribution is 2.45. The molecule has 1 saturated carbocycles. The number of aryl methyl sites for hydroxylation is 3. The zero-order chi connectivity index (χ0) is 28.4. The standard InChI is InChI=1S/C33H47N3O4/c1-21-17-24-13-16-39-22(2)29(24)27(18-21)30(32(37)38)36(5)26-19-28(33(3,4)20-26)40-15-7-6-10-25-12-11-23-9-8-14-34-31(23)35-25/h11-12,17-18,22,26,28,30H,6-10,13-16,19-20H2,1-5H3,(H,34,35)(H,37,38)/t22-,26+,28+,30?/m0/s1. The van der Waals surface area contributed by atoms with Crippen molar-refractivity contribution in [3.8, 4) is 0 Å². The Morgan fingerprint density at radius 2 is 2.08 bits per heavy atom. The lowest BCUT2D eigenvalue weighted by molar-refractivity contribution is -0.144. The molecule has 4 atom stereocenters. The number of unbranched alkanes of at least 4 members (excludes halogenated alkanes) is 1. The largest absolute Gasteiger partial charge is 0.480 e. The first kappa shape index (κ1) is 29.0. The summed E-state index contributed by atoms with van der Waals surface area (Å²) in [5, 5.41) is 13.9. The molecule has 7 nitrogen and oxygen atoms in total. The Morgan fingerprint density at radius 1 is 1.25 bits per heavy atom. The number of carboxylic acids is 1. The highest BCUT2D eigenvalue weighted by Gasteiger charge is 2.45. The van der Waals surface area contributed by atoms with Gasteiger partial charge in [-0.05, 0) is 106 Å². The number of carbonyl (C=O) groups is 1. The molecule has 2 N–H and O–H groups in total. The van der Waals surface area contributed by atoms with Crippen molar-refractivity contribution < 1.29 is 19.4 Å². The quantitative estimate of drug-likeness (QED) is 0.350. The fourth-order valence-corrected chi connectivity index (χ4v) is 7.13. The summed E-state index contributed by atoms with van der Waals surface area (Å²) >= 11 is 0. The molecule has 7 heteroatoms. The maximum Gasteiger partial charge on any atom is 0.325 e. The molecule has 0 bridgehead atoms. The SMILES string of the molecule is Cc1cc2c(c(C(C(=O)O)N(C)[C@@H]3C[C@@H](OCCCCc4ccc5c(n4)NCCC5)C(C)(C)C3)c1)[C@H](C)OCC2. The molecule has 1 aromatic heterocycles. The van der Waals surface area contributed by atoms with E-state index in [0.29, 0.717) is 6.61 Å². The van der Waals surface area contributed by atoms with Gasteiger partial charge < -0.3 is 19.9 Å². The van der Waals surface area contributed by atoms with E-state index in [9.17, 15) is 9.90 Å². The number of nitrogens with one attached hydrogen (secondary N) is 1. The van der Waals surface area contributed by atoms with Crippen molar-refractivity contribution in [1.29, 1.82) is 0 Å². The van der Waals surface area contributed by atoms with Crippen molar-refractivity contribution in [2.45, 2.75) is 103 Å². The molecule has 1 unspecified atom stereocenters. The van der Waals surface area contributed by atoms with Crippen molar-refractivity contribution in [2.24, 2.45) is 5.41 Å². The van der Waals surface area contributed by atoms with Gasteiger partial charge in [-0.25, -0.2) is 4.98 Å². The summed E-state index contributed by atoms with van der Waals surface area (Å²) < 4.78 is 12.4. The van der Waals surface area contributed by atoms with E-state index in [1.807, 2.05) is 14.0 Å². The summed E-state index contributed by atoms with van der Waals surface area (Å²) in [6.45, 7) is 11.0. The van der Waals surface area contributed by atoms with Crippen LogP contribution >= 0.6 is 0 Å². The molecule has 0 radical (unpaired) electrons. The summed E-state index contributed by atoms with van der Waals surface area (Å²) in [6, 6.07) is 8.06. The van der Waals surface area contributed by atoms with Gasteiger partial charge in [0.15, 0.2) is 0 Å². The molecule has 0 spiro atoms. The Kier molecular flexibility index (Phi) is 8.83. The van der Waals surface area contributed by atoms with Gasteiger partial charge in [-0.3, -0.25) is 9.69 Å². The maximum absolute atomic E-state index is 12.8. The number of aliphatic carboxylic acids is 1. The van der Waals surface area contributed by atoms with Gasteiger partial charge in [0.2, 0.25) is 0 Å². The van der Waals surface area contributed by atoms with E-state index in [1.165, 1.54) is 17.5 Å². The Balaban J connectivity index is 1.19. The van der Waals surface area contributed by atoms with Crippen molar-refractivity contribution in [1.82, 2.24) is 9.88 Å². The van der Waals surface area contributed by atoms with Crippen LogP contribution in [0.25, 0.3) is 0 Å². The number of aromatic nitrogens is 1. The van der Waals surface area contributed by atoms with E-state index in [-0.39, 0.29) is 23.7 Å². The van der Waals surface area contributed by atoms with Crippen LogP contribution in [0.2, 0.25) is 0 Å². The molecule has 2 aromatic rings. The lowest BCUT2D eigenvalue weighted by Gasteiger charge is -2.35. The summed E-state index contributed by atoms with van der Waals surface area (Å²) in [5.74, 6) is 0.261. The number of hydrogen-bond acceptors (Lipinski definition) is 6. The molecule has 3 heterocycles. The Morgan fingerprint density at radius 3 is 2.88 bits per heavy atom. The molecule has 3 aliphatic rings. The average Bonchev–Trinajstić information content (AvgIpc) is 3.22. The molecule has 0 saturated heterocycles. The number of anilines is 1. The molecular weight excluding hydrogens is 502 g/mol. The summed E-state index contributed by atoms with van der Waals surface area (Å²) in [5.41, 5.74) is 6.73. The second-order valence-electron chi connectivity index (χ2n) is 12.8. The van der Waals surface area contributed by atoms with Crippen LogP contribution in [0, 0.1) is 12.3 Å². The molecule has 218 valence electrons. The van der Waals surface area contributed by atoms with E-state index in [0.717, 1.165) is 86.3 Å². The molecule has 1 fully saturated rings. The van der Waals surface area contributed by atoms with E-state index in [2.05, 4.69) is 55.3 Å². The van der Waals surface area contributed by atoms with Crippen LogP contribution in [0.4, 0.5) is 5.82 Å². The van der Waals surface area contributed by atoms with Gasteiger partial charge in [-0.2, -0.15) is 0 Å². The molecule has 1 aromatic carbocycles. The zero-order valence-electron chi connectivity index (χ0n) is 25.0. The topological polar surface area (TPSA) is 83.9 Å². The fourth-order valence-electron chi connectivity index (χ4n) is 7.13. The predicted octanol–water partition coefficient (Wildman–Crippen LogP) is 6.04. The van der Waals surface area contributed by atoms with Gasteiger partial charge in [0.1, 0.15) is 11.9 Å². The van der Waals surface area contributed by atoms with Gasteiger partial charge in [0.25, 0.3) is 0 Å². The molecule has 40 heavy (non-hydrogen) atoms. The number of hydrogen-bond donors (Lipinski definition) is 2. The zero-order valence-corrected chi connectivity index (χ0v) is 25.0. The Labute approximate surface area is 239 Å². The smallest absolute Gasteiger partial charge is 0.325 e. The predicted molar refractivity (Wildman–Crippen MR) is 158 cm³/mol. The highest BCUT2D eigenvalue weighted by molar-refractivity contribution is 5.76. The minimum Gasteiger partial charge on any atom is -0.480 e. The van der Waals surface area contributed by atoms with Crippen molar-refractivity contribution in [3.05, 3.63) is 57.8 Å². The number of carboxylic acid groups (broad SMARTS) is 1. The third-order valence-corrected chi connectivity index (χ3v) is 9.32. The first-order valence-corrected chi connectivity index (χ1v) is 15.2. The number of likely N-dealkylation sites (N-methyl/N-ethyl adjacent to an activating group) is 1. The number of fused-ring (bicyclic) bond motifs is 2. The van der Waals surface area contributed by atoms with Gasteiger partial charge in [-0.15, -0.1) is 0 Å². The summed E-state index contributed by atoms with van der Waals surface area (Å²) in [6.07, 6.45) is 7.87. The maximum atomic E-state index is 12.8. The lowest BCUT2D eigenvalue weighted by Crippen LogP contribution is -2.39. The third-order valence-electron chi connectivity index (χ3n) is 9.32. The molecule has 1 aliphatic carbocycles. The number of benzene rings is 1. The Hall–Kier alpha value is -2.48. The second kappa shape index (κ2) is 12.2. The van der Waals surface area contributed by atoms with Crippen LogP contribution < -0.4 is 5.32 Å². The minimum atomic E-state index is -0.804. The molecule has 2 aliphatic heterocycles. The van der Waals surface area contributed by atoms with Crippen LogP contribution in [0.1, 0.15) is 98.5 Å². The van der Waals surface area contributed by atoms with Gasteiger partial charge in [-0.1, -0.05) is 37.6 Å². The average molecular weight is 550 g/mol. The number of nitrogens with zero attached hydrogens (tertiary/aromatic N) is 2. The van der Waals surface area contributed by atoms with Crippen LogP contribution in [-0.2, 0) is 33.5 Å². The van der Waals surface area contributed by atoms with Gasteiger partial charge in [0.05, 0.1) is 18.8 Å². The van der Waals surface area contributed by atoms with Crippen LogP contribution in [-0.4, -0.2) is 59.9 Å². The Bertz CT molecular complexity index is 1210. The third kappa shape index (κ3) is 6.22. The first-order chi connectivity index (χ1) is 19.1. The van der Waals surface area contributed by atoms with E-state index >= 15 is 0 Å². The number of ether oxygens (including phenoxy) is 2. The van der Waals surface area contributed by atoms with E-state index in [1.54, 1.807) is 0 Å². The summed E-state index contributed by atoms with van der Waals surface area (Å²) in [4.78, 5) is 19.7. The number of rotatable bonds is 10. The monoisotopic (exact) mass is 549 g/mol. The van der Waals surface area contributed by atoms with Crippen molar-refractivity contribution in [2.75, 3.05) is 32.1 Å². The lowest BCUT2D eigenvalue weighted by atomic mass is 9.86. The minimum absolute atomic E-state index is 0.0177. The highest BCUT2D eigenvalue weighted by atomic mass is 16.5.